The number of nitrogens with two attached hydrogens (primary N) is 1. The molecule has 0 bridgehead atoms. The number of rotatable bonds is 5. The molecule has 6 nitrogen and oxygen atoms in total. The number of hydrogen-bond acceptors (Lipinski definition) is 4. The molecule has 0 fully saturated rings. The number of ether oxygens (including phenoxy) is 1. The third-order valence-electron chi connectivity index (χ3n) is 3.05. The summed E-state index contributed by atoms with van der Waals surface area (Å²) in [5.41, 5.74) is 6.60. The molecule has 1 aromatic rings. The average Bonchev–Trinajstić information content (AvgIpc) is 2.78. The van der Waals surface area contributed by atoms with E-state index in [2.05, 4.69) is 0 Å². The number of carboxylic acids is 1. The Bertz CT molecular complexity index is 489. The van der Waals surface area contributed by atoms with E-state index in [9.17, 15) is 14.7 Å². The first kappa shape index (κ1) is 13.5. The number of nitrogens with zero attached hydrogens (tertiary/aromatic N) is 1. The van der Waals surface area contributed by atoms with Gasteiger partial charge in [-0.25, -0.2) is 0 Å². The molecular formula is C13H16N2O4. The summed E-state index contributed by atoms with van der Waals surface area (Å²) in [5, 5.41) is 9.19. The van der Waals surface area contributed by atoms with Crippen LogP contribution in [0.1, 0.15) is 11.5 Å². The van der Waals surface area contributed by atoms with Crippen LogP contribution in [0.4, 0.5) is 5.69 Å². The molecule has 19 heavy (non-hydrogen) atoms. The third kappa shape index (κ3) is 2.74. The van der Waals surface area contributed by atoms with Gasteiger partial charge in [-0.3, -0.25) is 9.59 Å². The molecule has 0 aromatic heterocycles. The van der Waals surface area contributed by atoms with Gasteiger partial charge in [-0.15, -0.1) is 0 Å². The number of carbonyl (C=O) groups is 2. The van der Waals surface area contributed by atoms with E-state index in [0.29, 0.717) is 24.4 Å². The smallest absolute Gasteiger partial charge is 0.312 e. The quantitative estimate of drug-likeness (QED) is 0.740. The molecular weight excluding hydrogens is 248 g/mol. The van der Waals surface area contributed by atoms with Gasteiger partial charge in [-0.2, -0.15) is 0 Å². The number of fused-ring (bicyclic) bond motifs is 1. The minimum absolute atomic E-state index is 0.0854. The lowest BCUT2D eigenvalue weighted by Gasteiger charge is -2.17. The van der Waals surface area contributed by atoms with Gasteiger partial charge < -0.3 is 20.5 Å². The van der Waals surface area contributed by atoms with Crippen molar-refractivity contribution in [2.24, 2.45) is 5.73 Å². The Kier molecular flexibility index (Phi) is 4.13. The zero-order chi connectivity index (χ0) is 13.8. The second-order valence-electron chi connectivity index (χ2n) is 4.30. The van der Waals surface area contributed by atoms with Crippen molar-refractivity contribution in [1.29, 1.82) is 0 Å². The normalized spacial score (nSPS) is 17.3. The maximum atomic E-state index is 12.0. The predicted octanol–water partition coefficient (Wildman–Crippen LogP) is 0.177. The number of para-hydroxylation sites is 1. The van der Waals surface area contributed by atoms with Gasteiger partial charge in [0.2, 0.25) is 0 Å². The Morgan fingerprint density at radius 1 is 1.42 bits per heavy atom. The molecule has 1 aliphatic rings. The van der Waals surface area contributed by atoms with Gasteiger partial charge >= 0.3 is 5.97 Å². The molecule has 1 aliphatic heterocycles. The van der Waals surface area contributed by atoms with Gasteiger partial charge in [0.25, 0.3) is 5.91 Å². The molecule has 1 atom stereocenters. The number of benzene rings is 1. The molecule has 1 amide bonds. The van der Waals surface area contributed by atoms with Crippen LogP contribution in [-0.2, 0) is 14.3 Å². The van der Waals surface area contributed by atoms with Gasteiger partial charge in [0, 0.05) is 18.8 Å². The largest absolute Gasteiger partial charge is 0.481 e. The molecule has 1 heterocycles. The molecule has 2 rings (SSSR count). The highest BCUT2D eigenvalue weighted by Crippen LogP contribution is 2.36. The Labute approximate surface area is 110 Å². The number of anilines is 1. The molecule has 1 unspecified atom stereocenters. The molecule has 3 N–H and O–H groups in total. The lowest BCUT2D eigenvalue weighted by atomic mass is 10.0. The van der Waals surface area contributed by atoms with Crippen molar-refractivity contribution in [2.75, 3.05) is 31.2 Å². The van der Waals surface area contributed by atoms with Crippen LogP contribution < -0.4 is 10.6 Å². The van der Waals surface area contributed by atoms with Crippen LogP contribution in [0.5, 0.6) is 0 Å². The minimum atomic E-state index is -0.925. The SMILES string of the molecule is NCCOCC(=O)N1CC(C(=O)O)c2ccccc21. The number of aliphatic carboxylic acids is 1. The summed E-state index contributed by atoms with van der Waals surface area (Å²) in [4.78, 5) is 24.7. The average molecular weight is 264 g/mol. The van der Waals surface area contributed by atoms with Gasteiger partial charge in [0.1, 0.15) is 12.5 Å². The molecule has 0 spiro atoms. The summed E-state index contributed by atoms with van der Waals surface area (Å²) < 4.78 is 5.10. The number of carboxylic acid groups (broad SMARTS) is 1. The van der Waals surface area contributed by atoms with E-state index < -0.39 is 11.9 Å². The van der Waals surface area contributed by atoms with Crippen LogP contribution >= 0.6 is 0 Å². The van der Waals surface area contributed by atoms with E-state index in [0.717, 1.165) is 0 Å². The van der Waals surface area contributed by atoms with E-state index in [1.165, 1.54) is 4.90 Å². The first-order valence-electron chi connectivity index (χ1n) is 6.05. The predicted molar refractivity (Wildman–Crippen MR) is 69.0 cm³/mol. The lowest BCUT2D eigenvalue weighted by molar-refractivity contribution is -0.138. The van der Waals surface area contributed by atoms with Crippen molar-refractivity contribution < 1.29 is 19.4 Å². The molecule has 1 aromatic carbocycles. The Morgan fingerprint density at radius 3 is 2.84 bits per heavy atom. The summed E-state index contributed by atoms with van der Waals surface area (Å²) in [6, 6.07) is 7.04. The topological polar surface area (TPSA) is 92.9 Å². The third-order valence-corrected chi connectivity index (χ3v) is 3.05. The first-order valence-corrected chi connectivity index (χ1v) is 6.05. The maximum Gasteiger partial charge on any atom is 0.312 e. The van der Waals surface area contributed by atoms with Gasteiger partial charge in [0.05, 0.1) is 6.61 Å². The van der Waals surface area contributed by atoms with Crippen molar-refractivity contribution in [3.05, 3.63) is 29.8 Å². The molecule has 0 radical (unpaired) electrons. The monoisotopic (exact) mass is 264 g/mol. The number of hydrogen-bond donors (Lipinski definition) is 2. The Morgan fingerprint density at radius 2 is 2.16 bits per heavy atom. The fourth-order valence-electron chi connectivity index (χ4n) is 2.18. The molecule has 6 heteroatoms. The van der Waals surface area contributed by atoms with Gasteiger partial charge in [-0.1, -0.05) is 18.2 Å². The van der Waals surface area contributed by atoms with E-state index in [1.54, 1.807) is 24.3 Å². The van der Waals surface area contributed by atoms with Crippen LogP contribution in [0.3, 0.4) is 0 Å². The van der Waals surface area contributed by atoms with Crippen molar-refractivity contribution in [2.45, 2.75) is 5.92 Å². The molecule has 0 saturated heterocycles. The van der Waals surface area contributed by atoms with Crippen LogP contribution in [0.2, 0.25) is 0 Å². The highest BCUT2D eigenvalue weighted by atomic mass is 16.5. The van der Waals surface area contributed by atoms with Crippen molar-refractivity contribution >= 4 is 17.6 Å². The molecule has 0 aliphatic carbocycles. The highest BCUT2D eigenvalue weighted by molar-refractivity contribution is 5.99. The van der Waals surface area contributed by atoms with Gasteiger partial charge in [0.15, 0.2) is 0 Å². The zero-order valence-electron chi connectivity index (χ0n) is 10.4. The maximum absolute atomic E-state index is 12.0. The number of carbonyl (C=O) groups excluding carboxylic acids is 1. The second kappa shape index (κ2) is 5.81. The summed E-state index contributed by atoms with van der Waals surface area (Å²) in [6.45, 7) is 0.725. The van der Waals surface area contributed by atoms with Crippen LogP contribution in [0, 0.1) is 0 Å². The molecule has 102 valence electrons. The fraction of sp³-hybridized carbons (Fsp3) is 0.385. The number of amides is 1. The summed E-state index contributed by atoms with van der Waals surface area (Å²) in [6.07, 6.45) is 0. The standard InChI is InChI=1S/C13H16N2O4/c14-5-6-19-8-12(16)15-7-10(13(17)18)9-3-1-2-4-11(9)15/h1-4,10H,5-8,14H2,(H,17,18). The summed E-state index contributed by atoms with van der Waals surface area (Å²) in [7, 11) is 0. The highest BCUT2D eigenvalue weighted by Gasteiger charge is 2.36. The summed E-state index contributed by atoms with van der Waals surface area (Å²) in [5.74, 6) is -1.84. The minimum Gasteiger partial charge on any atom is -0.481 e. The summed E-state index contributed by atoms with van der Waals surface area (Å²) >= 11 is 0. The van der Waals surface area contributed by atoms with Crippen molar-refractivity contribution in [1.82, 2.24) is 0 Å². The zero-order valence-corrected chi connectivity index (χ0v) is 10.4. The Balaban J connectivity index is 2.15. The lowest BCUT2D eigenvalue weighted by Crippen LogP contribution is -2.34. The van der Waals surface area contributed by atoms with Crippen LogP contribution in [0.15, 0.2) is 24.3 Å². The van der Waals surface area contributed by atoms with Crippen molar-refractivity contribution in [3.63, 3.8) is 0 Å². The van der Waals surface area contributed by atoms with Gasteiger partial charge in [-0.05, 0) is 11.6 Å². The Hall–Kier alpha value is -1.92. The van der Waals surface area contributed by atoms with E-state index in [-0.39, 0.29) is 19.1 Å². The van der Waals surface area contributed by atoms with Crippen LogP contribution in [0.25, 0.3) is 0 Å². The van der Waals surface area contributed by atoms with E-state index in [1.807, 2.05) is 0 Å². The van der Waals surface area contributed by atoms with Crippen LogP contribution in [-0.4, -0.2) is 43.3 Å². The second-order valence-corrected chi connectivity index (χ2v) is 4.30. The van der Waals surface area contributed by atoms with E-state index >= 15 is 0 Å². The molecule has 0 saturated carbocycles. The van der Waals surface area contributed by atoms with Crippen molar-refractivity contribution in [3.8, 4) is 0 Å². The van der Waals surface area contributed by atoms with E-state index in [4.69, 9.17) is 10.5 Å². The first-order chi connectivity index (χ1) is 9.15. The fourth-order valence-corrected chi connectivity index (χ4v) is 2.18.